The number of nitrogens with two attached hydrogens (primary N) is 1. The average Bonchev–Trinajstić information content (AvgIpc) is 3.01. The molecule has 1 fully saturated rings. The first-order chi connectivity index (χ1) is 8.27. The minimum absolute atomic E-state index is 0.306. The lowest BCUT2D eigenvalue weighted by Crippen LogP contribution is -2.38. The smallest absolute Gasteiger partial charge is 0.0948 e. The SMILES string of the molecule is CCn1cncc1C(CN)N(C)C1CCCC1. The van der Waals surface area contributed by atoms with Crippen molar-refractivity contribution in [3.8, 4) is 0 Å². The fourth-order valence-corrected chi connectivity index (χ4v) is 2.93. The van der Waals surface area contributed by atoms with Gasteiger partial charge in [0, 0.05) is 25.3 Å². The maximum absolute atomic E-state index is 5.97. The number of aromatic nitrogens is 2. The van der Waals surface area contributed by atoms with E-state index in [1.807, 2.05) is 12.5 Å². The van der Waals surface area contributed by atoms with Crippen LogP contribution < -0.4 is 5.73 Å². The van der Waals surface area contributed by atoms with Crippen molar-refractivity contribution >= 4 is 0 Å². The van der Waals surface area contributed by atoms with Crippen LogP contribution in [0.5, 0.6) is 0 Å². The Labute approximate surface area is 104 Å². The van der Waals surface area contributed by atoms with Gasteiger partial charge in [-0.05, 0) is 26.8 Å². The molecule has 1 aromatic rings. The van der Waals surface area contributed by atoms with Gasteiger partial charge in [-0.3, -0.25) is 4.90 Å². The molecular formula is C13H24N4. The number of rotatable bonds is 5. The molecule has 4 nitrogen and oxygen atoms in total. The molecule has 0 aliphatic heterocycles. The van der Waals surface area contributed by atoms with Crippen LogP contribution in [0.1, 0.15) is 44.3 Å². The molecule has 1 saturated carbocycles. The van der Waals surface area contributed by atoms with Crippen molar-refractivity contribution in [1.82, 2.24) is 14.5 Å². The van der Waals surface area contributed by atoms with Crippen molar-refractivity contribution in [1.29, 1.82) is 0 Å². The summed E-state index contributed by atoms with van der Waals surface area (Å²) in [5, 5.41) is 0. The summed E-state index contributed by atoms with van der Waals surface area (Å²) in [6.45, 7) is 3.78. The fraction of sp³-hybridized carbons (Fsp3) is 0.769. The fourth-order valence-electron chi connectivity index (χ4n) is 2.93. The standard InChI is InChI=1S/C13H24N4/c1-3-17-10-15-9-13(17)12(8-14)16(2)11-6-4-5-7-11/h9-12H,3-8,14H2,1-2H3. The zero-order valence-corrected chi connectivity index (χ0v) is 11.0. The van der Waals surface area contributed by atoms with E-state index < -0.39 is 0 Å². The highest BCUT2D eigenvalue weighted by molar-refractivity contribution is 5.07. The van der Waals surface area contributed by atoms with Gasteiger partial charge in [-0.2, -0.15) is 0 Å². The van der Waals surface area contributed by atoms with E-state index in [0.29, 0.717) is 18.6 Å². The van der Waals surface area contributed by atoms with Crippen LogP contribution in [0.3, 0.4) is 0 Å². The molecule has 2 N–H and O–H groups in total. The van der Waals surface area contributed by atoms with Gasteiger partial charge in [-0.15, -0.1) is 0 Å². The maximum Gasteiger partial charge on any atom is 0.0948 e. The minimum Gasteiger partial charge on any atom is -0.333 e. The zero-order chi connectivity index (χ0) is 12.3. The van der Waals surface area contributed by atoms with Crippen LogP contribution in [-0.2, 0) is 6.54 Å². The largest absolute Gasteiger partial charge is 0.333 e. The van der Waals surface area contributed by atoms with Crippen LogP contribution in [0.15, 0.2) is 12.5 Å². The molecule has 0 aromatic carbocycles. The third kappa shape index (κ3) is 2.53. The van der Waals surface area contributed by atoms with Gasteiger partial charge in [0.1, 0.15) is 0 Å². The molecule has 1 heterocycles. The highest BCUT2D eigenvalue weighted by Gasteiger charge is 2.27. The van der Waals surface area contributed by atoms with Crippen LogP contribution in [0.25, 0.3) is 0 Å². The lowest BCUT2D eigenvalue weighted by Gasteiger charge is -2.32. The van der Waals surface area contributed by atoms with Crippen molar-refractivity contribution in [3.63, 3.8) is 0 Å². The number of aryl methyl sites for hydroxylation is 1. The van der Waals surface area contributed by atoms with Crippen LogP contribution in [0.2, 0.25) is 0 Å². The summed E-state index contributed by atoms with van der Waals surface area (Å²) >= 11 is 0. The number of hydrogen-bond acceptors (Lipinski definition) is 3. The molecule has 0 saturated heterocycles. The van der Waals surface area contributed by atoms with E-state index in [4.69, 9.17) is 5.73 Å². The molecule has 0 bridgehead atoms. The molecule has 96 valence electrons. The van der Waals surface area contributed by atoms with Gasteiger partial charge in [0.05, 0.1) is 18.1 Å². The second-order valence-corrected chi connectivity index (χ2v) is 4.96. The van der Waals surface area contributed by atoms with Crippen LogP contribution in [0, 0.1) is 0 Å². The Morgan fingerprint density at radius 1 is 1.53 bits per heavy atom. The monoisotopic (exact) mass is 236 g/mol. The van der Waals surface area contributed by atoms with E-state index in [1.165, 1.54) is 31.4 Å². The Kier molecular flexibility index (Phi) is 4.18. The molecule has 4 heteroatoms. The van der Waals surface area contributed by atoms with E-state index in [9.17, 15) is 0 Å². The molecule has 1 atom stereocenters. The van der Waals surface area contributed by atoms with Crippen LogP contribution in [0.4, 0.5) is 0 Å². The molecule has 1 unspecified atom stereocenters. The molecule has 0 amide bonds. The molecule has 1 aromatic heterocycles. The summed E-state index contributed by atoms with van der Waals surface area (Å²) in [7, 11) is 2.21. The molecule has 0 spiro atoms. The normalized spacial score (nSPS) is 19.1. The molecular weight excluding hydrogens is 212 g/mol. The summed E-state index contributed by atoms with van der Waals surface area (Å²) in [6.07, 6.45) is 9.21. The summed E-state index contributed by atoms with van der Waals surface area (Å²) in [5.41, 5.74) is 7.23. The predicted molar refractivity (Wildman–Crippen MR) is 69.7 cm³/mol. The van der Waals surface area contributed by atoms with Gasteiger partial charge in [0.15, 0.2) is 0 Å². The summed E-state index contributed by atoms with van der Waals surface area (Å²) in [6, 6.07) is 1.00. The molecule has 17 heavy (non-hydrogen) atoms. The van der Waals surface area contributed by atoms with Gasteiger partial charge in [0.2, 0.25) is 0 Å². The van der Waals surface area contributed by atoms with Gasteiger partial charge in [0.25, 0.3) is 0 Å². The van der Waals surface area contributed by atoms with Crippen molar-refractivity contribution in [3.05, 3.63) is 18.2 Å². The van der Waals surface area contributed by atoms with Crippen LogP contribution in [-0.4, -0.2) is 34.1 Å². The quantitative estimate of drug-likeness (QED) is 0.847. The topological polar surface area (TPSA) is 47.1 Å². The van der Waals surface area contributed by atoms with E-state index in [-0.39, 0.29) is 0 Å². The van der Waals surface area contributed by atoms with E-state index >= 15 is 0 Å². The van der Waals surface area contributed by atoms with Crippen molar-refractivity contribution in [2.45, 2.75) is 51.2 Å². The summed E-state index contributed by atoms with van der Waals surface area (Å²) in [5.74, 6) is 0. The van der Waals surface area contributed by atoms with Crippen molar-refractivity contribution < 1.29 is 0 Å². The molecule has 1 aliphatic carbocycles. The maximum atomic E-state index is 5.97. The molecule has 2 rings (SSSR count). The van der Waals surface area contributed by atoms with E-state index in [0.717, 1.165) is 6.54 Å². The number of nitrogens with zero attached hydrogens (tertiary/aromatic N) is 3. The summed E-state index contributed by atoms with van der Waals surface area (Å²) < 4.78 is 2.20. The Morgan fingerprint density at radius 2 is 2.24 bits per heavy atom. The molecule has 1 aliphatic rings. The third-order valence-corrected chi connectivity index (χ3v) is 4.04. The highest BCUT2D eigenvalue weighted by atomic mass is 15.2. The Hall–Kier alpha value is -0.870. The zero-order valence-electron chi connectivity index (χ0n) is 11.0. The third-order valence-electron chi connectivity index (χ3n) is 4.04. The van der Waals surface area contributed by atoms with Crippen LogP contribution >= 0.6 is 0 Å². The van der Waals surface area contributed by atoms with Gasteiger partial charge >= 0.3 is 0 Å². The van der Waals surface area contributed by atoms with Gasteiger partial charge in [-0.25, -0.2) is 4.98 Å². The second kappa shape index (κ2) is 5.65. The minimum atomic E-state index is 0.306. The lowest BCUT2D eigenvalue weighted by atomic mass is 10.1. The first-order valence-corrected chi connectivity index (χ1v) is 6.70. The number of imidazole rings is 1. The average molecular weight is 236 g/mol. The lowest BCUT2D eigenvalue weighted by molar-refractivity contribution is 0.173. The van der Waals surface area contributed by atoms with E-state index in [1.54, 1.807) is 0 Å². The first-order valence-electron chi connectivity index (χ1n) is 6.70. The van der Waals surface area contributed by atoms with Gasteiger partial charge in [-0.1, -0.05) is 12.8 Å². The highest BCUT2D eigenvalue weighted by Crippen LogP contribution is 2.29. The Morgan fingerprint density at radius 3 is 2.82 bits per heavy atom. The number of likely N-dealkylation sites (N-methyl/N-ethyl adjacent to an activating group) is 1. The summed E-state index contributed by atoms with van der Waals surface area (Å²) in [4.78, 5) is 6.71. The number of hydrogen-bond donors (Lipinski definition) is 1. The van der Waals surface area contributed by atoms with Crippen molar-refractivity contribution in [2.24, 2.45) is 5.73 Å². The first kappa shape index (κ1) is 12.6. The van der Waals surface area contributed by atoms with E-state index in [2.05, 4.69) is 28.4 Å². The second-order valence-electron chi connectivity index (χ2n) is 4.96. The Bertz CT molecular complexity index is 341. The van der Waals surface area contributed by atoms with Gasteiger partial charge < -0.3 is 10.3 Å². The predicted octanol–water partition coefficient (Wildman–Crippen LogP) is 1.78. The van der Waals surface area contributed by atoms with Crippen molar-refractivity contribution in [2.75, 3.05) is 13.6 Å². The Balaban J connectivity index is 2.14. The molecule has 0 radical (unpaired) electrons.